The summed E-state index contributed by atoms with van der Waals surface area (Å²) < 4.78 is 5.77. The average Bonchev–Trinajstić information content (AvgIpc) is 3.28. The molecule has 0 unspecified atom stereocenters. The third kappa shape index (κ3) is 6.42. The van der Waals surface area contributed by atoms with Crippen molar-refractivity contribution in [2.75, 3.05) is 62.9 Å². The van der Waals surface area contributed by atoms with Crippen molar-refractivity contribution in [2.45, 2.75) is 23.9 Å². The number of nitrogens with one attached hydrogen (secondary N) is 3. The second-order valence-corrected chi connectivity index (χ2v) is 9.77. The van der Waals surface area contributed by atoms with Crippen molar-refractivity contribution in [3.8, 4) is 5.75 Å². The summed E-state index contributed by atoms with van der Waals surface area (Å²) in [7, 11) is 5.09. The number of hydrogen-bond donors (Lipinski definition) is 3. The highest BCUT2D eigenvalue weighted by Crippen LogP contribution is 2.38. The van der Waals surface area contributed by atoms with Gasteiger partial charge in [-0.2, -0.15) is 5.10 Å². The number of carbonyl (C=O) groups excluding carboxylic acids is 2. The Bertz CT molecular complexity index is 1250. The molecule has 0 atom stereocenters. The van der Waals surface area contributed by atoms with Gasteiger partial charge in [0.25, 0.3) is 0 Å². The van der Waals surface area contributed by atoms with Gasteiger partial charge in [0.1, 0.15) is 0 Å². The lowest BCUT2D eigenvalue weighted by Gasteiger charge is -2.37. The van der Waals surface area contributed by atoms with Crippen molar-refractivity contribution in [1.82, 2.24) is 30.0 Å². The second-order valence-electron chi connectivity index (χ2n) is 8.73. The van der Waals surface area contributed by atoms with Gasteiger partial charge in [0, 0.05) is 69.5 Å². The van der Waals surface area contributed by atoms with Crippen LogP contribution in [0.15, 0.2) is 40.4 Å². The molecule has 4 rings (SSSR count). The molecule has 0 radical (unpaired) electrons. The second kappa shape index (κ2) is 11.4. The summed E-state index contributed by atoms with van der Waals surface area (Å²) in [4.78, 5) is 39.7. The van der Waals surface area contributed by atoms with Gasteiger partial charge in [0.2, 0.25) is 11.7 Å². The normalized spacial score (nSPS) is 13.3. The number of methoxy groups -OCH3 is 1. The fraction of sp³-hybridized carbons (Fsp3) is 0.375. The quantitative estimate of drug-likeness (QED) is 0.398. The lowest BCUT2D eigenvalue weighted by molar-refractivity contribution is -0.114. The van der Waals surface area contributed by atoms with E-state index in [4.69, 9.17) is 14.7 Å². The number of rotatable bonds is 7. The van der Waals surface area contributed by atoms with Crippen molar-refractivity contribution in [3.05, 3.63) is 36.0 Å². The first-order valence-corrected chi connectivity index (χ1v) is 12.6. The number of aromatic nitrogens is 4. The maximum atomic E-state index is 12.4. The number of hydrogen-bond acceptors (Lipinski definition) is 9. The van der Waals surface area contributed by atoms with Crippen molar-refractivity contribution in [2.24, 2.45) is 0 Å². The highest BCUT2D eigenvalue weighted by atomic mass is 32.2. The van der Waals surface area contributed by atoms with Crippen LogP contribution in [0.1, 0.15) is 12.6 Å². The van der Waals surface area contributed by atoms with Crippen molar-refractivity contribution < 1.29 is 14.3 Å². The smallest absolute Gasteiger partial charge is 0.319 e. The summed E-state index contributed by atoms with van der Waals surface area (Å²) in [5, 5.41) is 13.7. The summed E-state index contributed by atoms with van der Waals surface area (Å²) >= 11 is 1.40. The van der Waals surface area contributed by atoms with Crippen LogP contribution in [0, 0.1) is 6.92 Å². The van der Waals surface area contributed by atoms with Gasteiger partial charge in [-0.15, -0.1) is 0 Å². The van der Waals surface area contributed by atoms with E-state index in [0.29, 0.717) is 54.5 Å². The van der Waals surface area contributed by atoms with Gasteiger partial charge in [0.05, 0.1) is 7.11 Å². The Labute approximate surface area is 219 Å². The highest BCUT2D eigenvalue weighted by Gasteiger charge is 2.27. The van der Waals surface area contributed by atoms with E-state index in [1.165, 1.54) is 18.7 Å². The number of urea groups is 1. The van der Waals surface area contributed by atoms with E-state index in [0.717, 1.165) is 16.3 Å². The van der Waals surface area contributed by atoms with E-state index in [1.807, 2.05) is 42.2 Å². The molecule has 1 aliphatic rings. The van der Waals surface area contributed by atoms with Crippen LogP contribution in [0.5, 0.6) is 5.75 Å². The number of aryl methyl sites for hydroxylation is 1. The van der Waals surface area contributed by atoms with Crippen LogP contribution in [0.2, 0.25) is 0 Å². The molecule has 3 aromatic rings. The van der Waals surface area contributed by atoms with Crippen LogP contribution in [0.4, 0.5) is 27.9 Å². The zero-order valence-electron chi connectivity index (χ0n) is 21.5. The lowest BCUT2D eigenvalue weighted by Crippen LogP contribution is -2.51. The maximum absolute atomic E-state index is 12.4. The standard InChI is InChI=1S/C24H31N9O3S/c1-15-14-19(30-29-15)26-21-20(36-5)22(32-10-12-33(13-11-32)24(35)31(3)4)28-23(27-21)37-18-8-6-17(7-9-18)25-16(2)34/h6-9,14H,10-13H2,1-5H3,(H,25,34)(H2,26,27,28,29,30). The first-order chi connectivity index (χ1) is 17.7. The number of nitrogens with zero attached hydrogens (tertiary/aromatic N) is 6. The average molecular weight is 526 g/mol. The van der Waals surface area contributed by atoms with Crippen molar-refractivity contribution in [3.63, 3.8) is 0 Å². The summed E-state index contributed by atoms with van der Waals surface area (Å²) in [6, 6.07) is 9.34. The predicted octanol–water partition coefficient (Wildman–Crippen LogP) is 3.17. The molecule has 3 amide bonds. The minimum Gasteiger partial charge on any atom is -0.490 e. The van der Waals surface area contributed by atoms with Gasteiger partial charge in [0.15, 0.2) is 22.6 Å². The fourth-order valence-corrected chi connectivity index (χ4v) is 4.61. The largest absolute Gasteiger partial charge is 0.490 e. The van der Waals surface area contributed by atoms with Gasteiger partial charge in [-0.3, -0.25) is 9.89 Å². The maximum Gasteiger partial charge on any atom is 0.319 e. The van der Waals surface area contributed by atoms with Crippen LogP contribution in [0.25, 0.3) is 0 Å². The number of anilines is 4. The van der Waals surface area contributed by atoms with E-state index in [-0.39, 0.29) is 11.9 Å². The van der Waals surface area contributed by atoms with Gasteiger partial charge in [-0.1, -0.05) is 0 Å². The minimum atomic E-state index is -0.125. The van der Waals surface area contributed by atoms with Crippen molar-refractivity contribution in [1.29, 1.82) is 0 Å². The third-order valence-electron chi connectivity index (χ3n) is 5.60. The van der Waals surface area contributed by atoms with Crippen LogP contribution in [-0.4, -0.2) is 89.3 Å². The van der Waals surface area contributed by atoms with Gasteiger partial charge < -0.3 is 30.1 Å². The van der Waals surface area contributed by atoms with Gasteiger partial charge in [-0.05, 0) is 43.0 Å². The molecule has 1 aliphatic heterocycles. The minimum absolute atomic E-state index is 0.00971. The Morgan fingerprint density at radius 3 is 2.38 bits per heavy atom. The number of carbonyl (C=O) groups is 2. The Balaban J connectivity index is 1.64. The highest BCUT2D eigenvalue weighted by molar-refractivity contribution is 7.99. The molecule has 0 saturated carbocycles. The number of benzene rings is 1. The molecule has 3 N–H and O–H groups in total. The molecular formula is C24H31N9O3S. The Morgan fingerprint density at radius 2 is 1.81 bits per heavy atom. The molecule has 12 nitrogen and oxygen atoms in total. The monoisotopic (exact) mass is 525 g/mol. The molecule has 0 bridgehead atoms. The van der Waals surface area contributed by atoms with Crippen LogP contribution < -0.4 is 20.3 Å². The van der Waals surface area contributed by atoms with Crippen LogP contribution >= 0.6 is 11.8 Å². The molecule has 1 fully saturated rings. The molecule has 1 saturated heterocycles. The molecule has 0 spiro atoms. The Hall–Kier alpha value is -4.00. The van der Waals surface area contributed by atoms with Crippen molar-refractivity contribution >= 4 is 46.8 Å². The zero-order chi connectivity index (χ0) is 26.5. The number of ether oxygens (including phenoxy) is 1. The summed E-state index contributed by atoms with van der Waals surface area (Å²) in [5.41, 5.74) is 1.63. The third-order valence-corrected chi connectivity index (χ3v) is 6.47. The number of H-pyrrole nitrogens is 1. The molecule has 0 aliphatic carbocycles. The van der Waals surface area contributed by atoms with Gasteiger partial charge >= 0.3 is 6.03 Å². The van der Waals surface area contributed by atoms with E-state index in [1.54, 1.807) is 26.1 Å². The van der Waals surface area contributed by atoms with E-state index in [2.05, 4.69) is 25.7 Å². The molecule has 196 valence electrons. The van der Waals surface area contributed by atoms with Gasteiger partial charge in [-0.25, -0.2) is 14.8 Å². The molecule has 3 heterocycles. The summed E-state index contributed by atoms with van der Waals surface area (Å²) in [6.45, 7) is 5.73. The Kier molecular flexibility index (Phi) is 8.01. The number of amides is 3. The summed E-state index contributed by atoms with van der Waals surface area (Å²) in [5.74, 6) is 2.11. The van der Waals surface area contributed by atoms with Crippen LogP contribution in [0.3, 0.4) is 0 Å². The molecule has 2 aromatic heterocycles. The fourth-order valence-electron chi connectivity index (χ4n) is 3.86. The lowest BCUT2D eigenvalue weighted by atomic mass is 10.3. The first kappa shape index (κ1) is 26.1. The molecule has 13 heteroatoms. The first-order valence-electron chi connectivity index (χ1n) is 11.7. The predicted molar refractivity (Wildman–Crippen MR) is 143 cm³/mol. The molecular weight excluding hydrogens is 494 g/mol. The topological polar surface area (TPSA) is 132 Å². The molecule has 37 heavy (non-hydrogen) atoms. The van der Waals surface area contributed by atoms with E-state index in [9.17, 15) is 9.59 Å². The zero-order valence-corrected chi connectivity index (χ0v) is 22.3. The van der Waals surface area contributed by atoms with Crippen LogP contribution in [-0.2, 0) is 4.79 Å². The number of aromatic amines is 1. The SMILES string of the molecule is COc1c(Nc2cc(C)[nH]n2)nc(Sc2ccc(NC(C)=O)cc2)nc1N1CCN(C(=O)N(C)C)CC1. The Morgan fingerprint density at radius 1 is 1.11 bits per heavy atom. The number of piperazine rings is 1. The summed E-state index contributed by atoms with van der Waals surface area (Å²) in [6.07, 6.45) is 0. The molecule has 1 aromatic carbocycles. The van der Waals surface area contributed by atoms with E-state index < -0.39 is 0 Å². The van der Waals surface area contributed by atoms with E-state index >= 15 is 0 Å².